The fourth-order valence-electron chi connectivity index (χ4n) is 3.19. The van der Waals surface area contributed by atoms with Crippen molar-refractivity contribution in [3.8, 4) is 0 Å². The Hall–Kier alpha value is -2.11. The van der Waals surface area contributed by atoms with Crippen LogP contribution in [-0.4, -0.2) is 32.1 Å². The molecule has 4 rings (SSSR count). The van der Waals surface area contributed by atoms with Gasteiger partial charge in [-0.25, -0.2) is 0 Å². The number of nitrogens with zero attached hydrogens (tertiary/aromatic N) is 4. The van der Waals surface area contributed by atoms with Crippen molar-refractivity contribution >= 4 is 5.91 Å². The molecule has 0 spiro atoms. The number of furan rings is 1. The molecule has 0 bridgehead atoms. The normalized spacial score (nSPS) is 24.0. The van der Waals surface area contributed by atoms with Crippen molar-refractivity contribution in [3.63, 3.8) is 0 Å². The van der Waals surface area contributed by atoms with Crippen LogP contribution in [0.5, 0.6) is 0 Å². The fourth-order valence-corrected chi connectivity index (χ4v) is 3.19. The molecule has 0 N–H and O–H groups in total. The van der Waals surface area contributed by atoms with Gasteiger partial charge in [0.15, 0.2) is 5.82 Å². The maximum Gasteiger partial charge on any atom is 0.226 e. The lowest BCUT2D eigenvalue weighted by molar-refractivity contribution is -0.134. The highest BCUT2D eigenvalue weighted by Gasteiger charge is 2.48. The van der Waals surface area contributed by atoms with E-state index in [1.165, 1.54) is 0 Å². The predicted octanol–water partition coefficient (Wildman–Crippen LogP) is 1.58. The summed E-state index contributed by atoms with van der Waals surface area (Å²) in [6.45, 7) is 4.20. The summed E-state index contributed by atoms with van der Waals surface area (Å²) < 4.78 is 7.54. The van der Waals surface area contributed by atoms with Crippen molar-refractivity contribution < 1.29 is 9.21 Å². The summed E-state index contributed by atoms with van der Waals surface area (Å²) >= 11 is 0. The molecule has 6 nitrogen and oxygen atoms in total. The number of fused-ring (bicyclic) bond motifs is 1. The zero-order valence-electron chi connectivity index (χ0n) is 12.0. The maximum atomic E-state index is 12.6. The van der Waals surface area contributed by atoms with Crippen molar-refractivity contribution in [3.05, 3.63) is 35.8 Å². The van der Waals surface area contributed by atoms with Gasteiger partial charge in [0.05, 0.1) is 12.8 Å². The van der Waals surface area contributed by atoms with Gasteiger partial charge in [0, 0.05) is 31.3 Å². The van der Waals surface area contributed by atoms with Gasteiger partial charge >= 0.3 is 0 Å². The Morgan fingerprint density at radius 3 is 3.10 bits per heavy atom. The number of aromatic nitrogens is 3. The molecule has 1 fully saturated rings. The first-order chi connectivity index (χ1) is 10.3. The fraction of sp³-hybridized carbons (Fsp3) is 0.533. The van der Waals surface area contributed by atoms with Crippen molar-refractivity contribution in [1.82, 2.24) is 19.7 Å². The Kier molecular flexibility index (Phi) is 2.83. The summed E-state index contributed by atoms with van der Waals surface area (Å²) in [5.41, 5.74) is 0. The molecule has 3 heterocycles. The van der Waals surface area contributed by atoms with Gasteiger partial charge in [0.1, 0.15) is 11.6 Å². The average molecular weight is 286 g/mol. The van der Waals surface area contributed by atoms with Crippen LogP contribution in [0.2, 0.25) is 0 Å². The highest BCUT2D eigenvalue weighted by Crippen LogP contribution is 2.48. The first kappa shape index (κ1) is 12.6. The second-order valence-corrected chi connectivity index (χ2v) is 5.76. The van der Waals surface area contributed by atoms with Crippen LogP contribution in [0.15, 0.2) is 22.8 Å². The SMILES string of the molecule is CCc1nnc2n1CCN(C(=O)[C@@H]1C[C@@H]1c1ccco1)C2. The molecule has 6 heteroatoms. The number of amides is 1. The highest BCUT2D eigenvalue weighted by molar-refractivity contribution is 5.82. The van der Waals surface area contributed by atoms with E-state index in [2.05, 4.69) is 21.7 Å². The third-order valence-electron chi connectivity index (χ3n) is 4.47. The number of aryl methyl sites for hydroxylation is 1. The first-order valence-corrected chi connectivity index (χ1v) is 7.51. The van der Waals surface area contributed by atoms with Gasteiger partial charge in [0.2, 0.25) is 5.91 Å². The van der Waals surface area contributed by atoms with E-state index in [1.54, 1.807) is 6.26 Å². The number of carbonyl (C=O) groups excluding carboxylic acids is 1. The van der Waals surface area contributed by atoms with Gasteiger partial charge in [-0.15, -0.1) is 10.2 Å². The standard InChI is InChI=1S/C15H18N4O2/c1-2-13-16-17-14-9-18(5-6-19(13)14)15(20)11-8-10(11)12-4-3-7-21-12/h3-4,7,10-11H,2,5-6,8-9H2,1H3/t10-,11+/m0/s1. The first-order valence-electron chi connectivity index (χ1n) is 7.51. The van der Waals surface area contributed by atoms with Crippen LogP contribution in [0.25, 0.3) is 0 Å². The number of hydrogen-bond acceptors (Lipinski definition) is 4. The van der Waals surface area contributed by atoms with Gasteiger partial charge in [0.25, 0.3) is 0 Å². The van der Waals surface area contributed by atoms with Crippen molar-refractivity contribution in [2.24, 2.45) is 5.92 Å². The lowest BCUT2D eigenvalue weighted by atomic mass is 10.2. The molecule has 0 radical (unpaired) electrons. The van der Waals surface area contributed by atoms with E-state index in [0.717, 1.165) is 43.3 Å². The van der Waals surface area contributed by atoms with Gasteiger partial charge in [-0.05, 0) is 18.6 Å². The molecule has 2 aromatic rings. The van der Waals surface area contributed by atoms with E-state index >= 15 is 0 Å². The van der Waals surface area contributed by atoms with Gasteiger partial charge in [-0.2, -0.15) is 0 Å². The second-order valence-electron chi connectivity index (χ2n) is 5.76. The molecule has 1 aliphatic carbocycles. The Labute approximate surface area is 122 Å². The lowest BCUT2D eigenvalue weighted by Gasteiger charge is -2.28. The summed E-state index contributed by atoms with van der Waals surface area (Å²) in [6.07, 6.45) is 3.45. The molecule has 2 aromatic heterocycles. The van der Waals surface area contributed by atoms with E-state index in [1.807, 2.05) is 17.0 Å². The Balaban J connectivity index is 1.45. The predicted molar refractivity (Wildman–Crippen MR) is 74.4 cm³/mol. The molecule has 0 aromatic carbocycles. The molecule has 1 amide bonds. The Morgan fingerprint density at radius 2 is 2.33 bits per heavy atom. The van der Waals surface area contributed by atoms with Crippen molar-refractivity contribution in [1.29, 1.82) is 0 Å². The van der Waals surface area contributed by atoms with Crippen LogP contribution in [0.4, 0.5) is 0 Å². The summed E-state index contributed by atoms with van der Waals surface area (Å²) in [7, 11) is 0. The summed E-state index contributed by atoms with van der Waals surface area (Å²) in [6, 6.07) is 3.84. The van der Waals surface area contributed by atoms with E-state index < -0.39 is 0 Å². The van der Waals surface area contributed by atoms with Crippen LogP contribution in [0.1, 0.15) is 36.7 Å². The summed E-state index contributed by atoms with van der Waals surface area (Å²) in [5, 5.41) is 8.40. The smallest absolute Gasteiger partial charge is 0.226 e. The molecular formula is C15H18N4O2. The average Bonchev–Trinajstić information content (AvgIpc) is 2.96. The third-order valence-corrected chi connectivity index (χ3v) is 4.47. The van der Waals surface area contributed by atoms with Crippen LogP contribution in [0, 0.1) is 5.92 Å². The minimum atomic E-state index is 0.0799. The van der Waals surface area contributed by atoms with Crippen LogP contribution in [-0.2, 0) is 24.3 Å². The Morgan fingerprint density at radius 1 is 1.43 bits per heavy atom. The van der Waals surface area contributed by atoms with Crippen LogP contribution >= 0.6 is 0 Å². The number of carbonyl (C=O) groups is 1. The zero-order chi connectivity index (χ0) is 14.4. The third kappa shape index (κ3) is 2.05. The summed E-state index contributed by atoms with van der Waals surface area (Å²) in [5.74, 6) is 3.42. The Bertz CT molecular complexity index is 661. The lowest BCUT2D eigenvalue weighted by Crippen LogP contribution is -2.39. The monoisotopic (exact) mass is 286 g/mol. The van der Waals surface area contributed by atoms with Crippen molar-refractivity contribution in [2.75, 3.05) is 6.54 Å². The highest BCUT2D eigenvalue weighted by atomic mass is 16.3. The van der Waals surface area contributed by atoms with Gasteiger partial charge < -0.3 is 13.9 Å². The van der Waals surface area contributed by atoms with E-state index in [4.69, 9.17) is 4.42 Å². The topological polar surface area (TPSA) is 64.2 Å². The molecule has 0 saturated heterocycles. The molecule has 110 valence electrons. The maximum absolute atomic E-state index is 12.6. The molecule has 1 aliphatic heterocycles. The zero-order valence-corrected chi connectivity index (χ0v) is 12.0. The van der Waals surface area contributed by atoms with E-state index in [-0.39, 0.29) is 17.7 Å². The van der Waals surface area contributed by atoms with Crippen LogP contribution in [0.3, 0.4) is 0 Å². The molecule has 1 saturated carbocycles. The quantitative estimate of drug-likeness (QED) is 0.859. The molecule has 2 aliphatic rings. The van der Waals surface area contributed by atoms with Crippen molar-refractivity contribution in [2.45, 2.75) is 38.8 Å². The number of rotatable bonds is 3. The largest absolute Gasteiger partial charge is 0.469 e. The van der Waals surface area contributed by atoms with Gasteiger partial charge in [-0.3, -0.25) is 4.79 Å². The number of hydrogen-bond donors (Lipinski definition) is 0. The second kappa shape index (κ2) is 4.72. The minimum Gasteiger partial charge on any atom is -0.469 e. The molecular weight excluding hydrogens is 268 g/mol. The van der Waals surface area contributed by atoms with E-state index in [9.17, 15) is 4.79 Å². The molecule has 0 unspecified atom stereocenters. The van der Waals surface area contributed by atoms with E-state index in [0.29, 0.717) is 6.54 Å². The summed E-state index contributed by atoms with van der Waals surface area (Å²) in [4.78, 5) is 14.5. The molecule has 2 atom stereocenters. The van der Waals surface area contributed by atoms with Crippen LogP contribution < -0.4 is 0 Å². The molecule has 21 heavy (non-hydrogen) atoms. The minimum absolute atomic E-state index is 0.0799. The van der Waals surface area contributed by atoms with Gasteiger partial charge in [-0.1, -0.05) is 6.92 Å².